The molecule has 1 fully saturated rings. The Morgan fingerprint density at radius 2 is 1.96 bits per heavy atom. The minimum Gasteiger partial charge on any atom is -0.491 e. The molecule has 0 bridgehead atoms. The molecule has 1 aliphatic rings. The number of carbonyl (C=O) groups is 1. The lowest BCUT2D eigenvalue weighted by molar-refractivity contribution is -0.120. The Morgan fingerprint density at radius 3 is 2.63 bits per heavy atom. The fourth-order valence-corrected chi connectivity index (χ4v) is 3.26. The van der Waals surface area contributed by atoms with E-state index in [0.717, 1.165) is 29.7 Å². The Labute approximate surface area is 163 Å². The molecule has 0 aliphatic heterocycles. The normalized spacial score (nSPS) is 15.5. The topological polar surface area (TPSA) is 74.8 Å². The molecular formula is C21H34N4O2. The van der Waals surface area contributed by atoms with Crippen molar-refractivity contribution in [3.63, 3.8) is 0 Å². The molecular weight excluding hydrogens is 340 g/mol. The van der Waals surface area contributed by atoms with Crippen LogP contribution < -0.4 is 20.7 Å². The number of benzene rings is 1. The van der Waals surface area contributed by atoms with Crippen LogP contribution in [-0.4, -0.2) is 37.6 Å². The van der Waals surface area contributed by atoms with E-state index in [-0.39, 0.29) is 18.6 Å². The predicted octanol–water partition coefficient (Wildman–Crippen LogP) is 2.90. The maximum atomic E-state index is 12.1. The first-order valence-corrected chi connectivity index (χ1v) is 9.98. The van der Waals surface area contributed by atoms with E-state index in [2.05, 4.69) is 40.0 Å². The molecule has 0 unspecified atom stereocenters. The van der Waals surface area contributed by atoms with E-state index >= 15 is 0 Å². The molecule has 1 aromatic rings. The maximum Gasteiger partial charge on any atom is 0.239 e. The Balaban J connectivity index is 1.82. The summed E-state index contributed by atoms with van der Waals surface area (Å²) in [6.07, 6.45) is 5.99. The largest absolute Gasteiger partial charge is 0.491 e. The van der Waals surface area contributed by atoms with Crippen LogP contribution in [0.5, 0.6) is 5.75 Å². The van der Waals surface area contributed by atoms with E-state index in [4.69, 9.17) is 4.74 Å². The van der Waals surface area contributed by atoms with Gasteiger partial charge in [0, 0.05) is 25.2 Å². The van der Waals surface area contributed by atoms with Gasteiger partial charge in [0.15, 0.2) is 5.96 Å². The van der Waals surface area contributed by atoms with Gasteiger partial charge in [0.25, 0.3) is 0 Å². The number of hydrogen-bond donors (Lipinski definition) is 3. The molecule has 0 atom stereocenters. The molecule has 0 saturated heterocycles. The van der Waals surface area contributed by atoms with Crippen LogP contribution in [0.1, 0.15) is 57.1 Å². The van der Waals surface area contributed by atoms with Crippen molar-refractivity contribution in [2.75, 3.05) is 13.6 Å². The lowest BCUT2D eigenvalue weighted by Gasteiger charge is -2.23. The lowest BCUT2D eigenvalue weighted by atomic mass is 9.95. The fourth-order valence-electron chi connectivity index (χ4n) is 3.26. The van der Waals surface area contributed by atoms with Crippen LogP contribution >= 0.6 is 0 Å². The second kappa shape index (κ2) is 10.8. The minimum atomic E-state index is 0.0176. The molecule has 6 heteroatoms. The first kappa shape index (κ1) is 21.1. The van der Waals surface area contributed by atoms with Crippen molar-refractivity contribution in [3.05, 3.63) is 29.3 Å². The summed E-state index contributed by atoms with van der Waals surface area (Å²) in [5.74, 6) is 1.50. The first-order chi connectivity index (χ1) is 13.0. The average molecular weight is 375 g/mol. The zero-order valence-electron chi connectivity index (χ0n) is 17.1. The summed E-state index contributed by atoms with van der Waals surface area (Å²) in [7, 11) is 1.70. The third-order valence-corrected chi connectivity index (χ3v) is 4.64. The lowest BCUT2D eigenvalue weighted by Crippen LogP contribution is -2.45. The summed E-state index contributed by atoms with van der Waals surface area (Å²) in [6, 6.07) is 6.50. The smallest absolute Gasteiger partial charge is 0.239 e. The highest BCUT2D eigenvalue weighted by molar-refractivity contribution is 5.86. The van der Waals surface area contributed by atoms with Crippen molar-refractivity contribution >= 4 is 11.9 Å². The molecule has 0 aromatic heterocycles. The molecule has 1 saturated carbocycles. The van der Waals surface area contributed by atoms with Crippen molar-refractivity contribution in [1.82, 2.24) is 16.0 Å². The SMILES string of the molecule is CN=C(NCC(=O)NC1CCCCC1)NCc1ccc(C)cc1OC(C)C. The van der Waals surface area contributed by atoms with Gasteiger partial charge < -0.3 is 20.7 Å². The van der Waals surface area contributed by atoms with Gasteiger partial charge in [-0.3, -0.25) is 9.79 Å². The van der Waals surface area contributed by atoms with E-state index in [1.807, 2.05) is 19.9 Å². The van der Waals surface area contributed by atoms with E-state index in [1.54, 1.807) is 7.05 Å². The number of hydrogen-bond acceptors (Lipinski definition) is 3. The summed E-state index contributed by atoms with van der Waals surface area (Å²) < 4.78 is 5.91. The third kappa shape index (κ3) is 7.49. The highest BCUT2D eigenvalue weighted by atomic mass is 16.5. The molecule has 2 rings (SSSR count). The van der Waals surface area contributed by atoms with Crippen molar-refractivity contribution in [2.45, 2.75) is 71.6 Å². The van der Waals surface area contributed by atoms with Gasteiger partial charge in [-0.2, -0.15) is 0 Å². The van der Waals surface area contributed by atoms with Gasteiger partial charge in [0.05, 0.1) is 12.6 Å². The van der Waals surface area contributed by atoms with Gasteiger partial charge in [0.2, 0.25) is 5.91 Å². The van der Waals surface area contributed by atoms with E-state index in [0.29, 0.717) is 18.5 Å². The van der Waals surface area contributed by atoms with Crippen LogP contribution in [0, 0.1) is 6.92 Å². The molecule has 0 spiro atoms. The van der Waals surface area contributed by atoms with Crippen molar-refractivity contribution in [2.24, 2.45) is 4.99 Å². The second-order valence-corrected chi connectivity index (χ2v) is 7.46. The summed E-state index contributed by atoms with van der Waals surface area (Å²) in [4.78, 5) is 16.3. The van der Waals surface area contributed by atoms with Crippen LogP contribution in [0.25, 0.3) is 0 Å². The average Bonchev–Trinajstić information content (AvgIpc) is 2.63. The molecule has 1 aliphatic carbocycles. The van der Waals surface area contributed by atoms with Crippen LogP contribution in [0.2, 0.25) is 0 Å². The molecule has 1 aromatic carbocycles. The number of nitrogens with one attached hydrogen (secondary N) is 3. The molecule has 6 nitrogen and oxygen atoms in total. The minimum absolute atomic E-state index is 0.0176. The van der Waals surface area contributed by atoms with E-state index in [9.17, 15) is 4.79 Å². The monoisotopic (exact) mass is 374 g/mol. The Hall–Kier alpha value is -2.24. The summed E-state index contributed by atoms with van der Waals surface area (Å²) in [5, 5.41) is 9.45. The second-order valence-electron chi connectivity index (χ2n) is 7.46. The van der Waals surface area contributed by atoms with Gasteiger partial charge in [-0.25, -0.2) is 0 Å². The van der Waals surface area contributed by atoms with Crippen molar-refractivity contribution < 1.29 is 9.53 Å². The van der Waals surface area contributed by atoms with Crippen molar-refractivity contribution in [1.29, 1.82) is 0 Å². The van der Waals surface area contributed by atoms with Gasteiger partial charge >= 0.3 is 0 Å². The summed E-state index contributed by atoms with van der Waals surface area (Å²) in [6.45, 7) is 6.89. The number of rotatable bonds is 7. The number of guanidine groups is 1. The quantitative estimate of drug-likeness (QED) is 0.507. The molecule has 1 amide bonds. The Morgan fingerprint density at radius 1 is 1.22 bits per heavy atom. The number of carbonyl (C=O) groups excluding carboxylic acids is 1. The van der Waals surface area contributed by atoms with E-state index in [1.165, 1.54) is 19.3 Å². The maximum absolute atomic E-state index is 12.1. The fraction of sp³-hybridized carbons (Fsp3) is 0.619. The van der Waals surface area contributed by atoms with Crippen LogP contribution in [-0.2, 0) is 11.3 Å². The first-order valence-electron chi connectivity index (χ1n) is 9.98. The van der Waals surface area contributed by atoms with Crippen LogP contribution in [0.4, 0.5) is 0 Å². The number of aliphatic imine (C=N–C) groups is 1. The van der Waals surface area contributed by atoms with Crippen molar-refractivity contribution in [3.8, 4) is 5.75 Å². The highest BCUT2D eigenvalue weighted by Crippen LogP contribution is 2.21. The highest BCUT2D eigenvalue weighted by Gasteiger charge is 2.15. The van der Waals surface area contributed by atoms with Gasteiger partial charge in [-0.15, -0.1) is 0 Å². The zero-order chi connectivity index (χ0) is 19.6. The number of aryl methyl sites for hydroxylation is 1. The molecule has 3 N–H and O–H groups in total. The zero-order valence-corrected chi connectivity index (χ0v) is 17.1. The summed E-state index contributed by atoms with van der Waals surface area (Å²) in [5.41, 5.74) is 2.22. The third-order valence-electron chi connectivity index (χ3n) is 4.64. The molecule has 0 radical (unpaired) electrons. The van der Waals surface area contributed by atoms with Crippen LogP contribution in [0.15, 0.2) is 23.2 Å². The molecule has 0 heterocycles. The van der Waals surface area contributed by atoms with Gasteiger partial charge in [-0.05, 0) is 45.2 Å². The Bertz CT molecular complexity index is 637. The molecule has 27 heavy (non-hydrogen) atoms. The predicted molar refractivity (Wildman–Crippen MR) is 110 cm³/mol. The Kier molecular flexibility index (Phi) is 8.43. The standard InChI is InChI=1S/C21H34N4O2/c1-15(2)27-19-12-16(3)10-11-17(19)13-23-21(22-4)24-14-20(26)25-18-8-6-5-7-9-18/h10-12,15,18H,5-9,13-14H2,1-4H3,(H,25,26)(H2,22,23,24). The number of nitrogens with zero attached hydrogens (tertiary/aromatic N) is 1. The molecule has 150 valence electrons. The van der Waals surface area contributed by atoms with Crippen LogP contribution in [0.3, 0.4) is 0 Å². The number of ether oxygens (including phenoxy) is 1. The van der Waals surface area contributed by atoms with E-state index < -0.39 is 0 Å². The number of amides is 1. The van der Waals surface area contributed by atoms with Gasteiger partial charge in [-0.1, -0.05) is 31.4 Å². The summed E-state index contributed by atoms with van der Waals surface area (Å²) >= 11 is 0. The van der Waals surface area contributed by atoms with Gasteiger partial charge in [0.1, 0.15) is 5.75 Å².